The highest BCUT2D eigenvalue weighted by atomic mass is 19.2. The van der Waals surface area contributed by atoms with Crippen LogP contribution in [0.4, 0.5) is 27.6 Å². The monoisotopic (exact) mass is 292 g/mol. The number of hydrogen-bond donors (Lipinski definition) is 1. The first-order chi connectivity index (χ1) is 9.32. The Morgan fingerprint density at radius 2 is 1.40 bits per heavy atom. The van der Waals surface area contributed by atoms with Gasteiger partial charge in [0, 0.05) is 0 Å². The minimum atomic E-state index is -2.20. The fraction of sp³-hybridized carbons (Fsp3) is 0.250. The van der Waals surface area contributed by atoms with Crippen LogP contribution in [0.3, 0.4) is 0 Å². The first-order valence-electron chi connectivity index (χ1n) is 5.51. The van der Waals surface area contributed by atoms with E-state index in [9.17, 15) is 22.0 Å². The number of aryl methyl sites for hydroxylation is 2. The lowest BCUT2D eigenvalue weighted by molar-refractivity contribution is 0.381. The highest BCUT2D eigenvalue weighted by Gasteiger charge is 2.25. The number of oxazole rings is 1. The van der Waals surface area contributed by atoms with E-state index < -0.39 is 34.8 Å². The molecule has 8 heteroatoms. The molecule has 0 atom stereocenters. The summed E-state index contributed by atoms with van der Waals surface area (Å²) in [5.41, 5.74) is -0.547. The molecule has 0 amide bonds. The van der Waals surface area contributed by atoms with E-state index in [1.807, 2.05) is 0 Å². The van der Waals surface area contributed by atoms with Gasteiger partial charge in [0.15, 0.2) is 23.3 Å². The van der Waals surface area contributed by atoms with Crippen molar-refractivity contribution in [1.82, 2.24) is 4.98 Å². The normalized spacial score (nSPS) is 10.9. The molecule has 0 bridgehead atoms. The molecular weight excluding hydrogens is 283 g/mol. The predicted octanol–water partition coefficient (Wildman–Crippen LogP) is 3.60. The van der Waals surface area contributed by atoms with Crippen molar-refractivity contribution in [3.63, 3.8) is 0 Å². The molecule has 0 aliphatic rings. The van der Waals surface area contributed by atoms with Crippen LogP contribution in [-0.2, 0) is 6.54 Å². The van der Waals surface area contributed by atoms with Gasteiger partial charge in [-0.15, -0.1) is 0 Å². The number of anilines is 1. The van der Waals surface area contributed by atoms with E-state index >= 15 is 0 Å². The SMILES string of the molecule is Cc1nc(CNc2c(F)c(F)c(F)c(F)c2F)oc1C. The largest absolute Gasteiger partial charge is 0.444 e. The summed E-state index contributed by atoms with van der Waals surface area (Å²) in [6.07, 6.45) is 0. The molecule has 0 aliphatic carbocycles. The Morgan fingerprint density at radius 3 is 1.85 bits per heavy atom. The van der Waals surface area contributed by atoms with E-state index in [0.29, 0.717) is 11.5 Å². The van der Waals surface area contributed by atoms with Crippen LogP contribution in [-0.4, -0.2) is 4.98 Å². The van der Waals surface area contributed by atoms with Gasteiger partial charge < -0.3 is 9.73 Å². The molecule has 0 unspecified atom stereocenters. The highest BCUT2D eigenvalue weighted by Crippen LogP contribution is 2.27. The fourth-order valence-electron chi connectivity index (χ4n) is 1.54. The van der Waals surface area contributed by atoms with Gasteiger partial charge in [0.25, 0.3) is 0 Å². The summed E-state index contributed by atoms with van der Waals surface area (Å²) in [5, 5.41) is 2.09. The van der Waals surface area contributed by atoms with Gasteiger partial charge in [-0.2, -0.15) is 0 Å². The Kier molecular flexibility index (Phi) is 3.65. The maximum Gasteiger partial charge on any atom is 0.213 e. The lowest BCUT2D eigenvalue weighted by Crippen LogP contribution is -2.10. The standard InChI is InChI=1S/C12H9F5N2O/c1-4-5(2)20-6(19-4)3-18-12-10(16)8(14)7(13)9(15)11(12)17/h18H,3H2,1-2H3. The topological polar surface area (TPSA) is 38.1 Å². The van der Waals surface area contributed by atoms with Crippen LogP contribution in [0.1, 0.15) is 17.3 Å². The second kappa shape index (κ2) is 5.10. The van der Waals surface area contributed by atoms with Gasteiger partial charge >= 0.3 is 0 Å². The molecule has 1 N–H and O–H groups in total. The number of benzene rings is 1. The van der Waals surface area contributed by atoms with Crippen molar-refractivity contribution < 1.29 is 26.4 Å². The quantitative estimate of drug-likeness (QED) is 0.533. The Labute approximate surface area is 110 Å². The van der Waals surface area contributed by atoms with Crippen molar-refractivity contribution in [3.05, 3.63) is 46.4 Å². The van der Waals surface area contributed by atoms with Crippen LogP contribution < -0.4 is 5.32 Å². The van der Waals surface area contributed by atoms with Crippen LogP contribution in [0.2, 0.25) is 0 Å². The average molecular weight is 292 g/mol. The van der Waals surface area contributed by atoms with E-state index in [1.54, 1.807) is 13.8 Å². The molecule has 0 saturated carbocycles. The number of nitrogens with zero attached hydrogens (tertiary/aromatic N) is 1. The molecule has 0 aliphatic heterocycles. The first-order valence-corrected chi connectivity index (χ1v) is 5.51. The zero-order chi connectivity index (χ0) is 15.0. The first kappa shape index (κ1) is 14.3. The van der Waals surface area contributed by atoms with Crippen molar-refractivity contribution in [3.8, 4) is 0 Å². The second-order valence-electron chi connectivity index (χ2n) is 4.05. The van der Waals surface area contributed by atoms with Crippen molar-refractivity contribution in [2.24, 2.45) is 0 Å². The third-order valence-electron chi connectivity index (χ3n) is 2.70. The minimum Gasteiger partial charge on any atom is -0.444 e. The van der Waals surface area contributed by atoms with Crippen LogP contribution in [0.15, 0.2) is 4.42 Å². The third-order valence-corrected chi connectivity index (χ3v) is 2.70. The predicted molar refractivity (Wildman–Crippen MR) is 59.5 cm³/mol. The molecule has 0 fully saturated rings. The Bertz CT molecular complexity index is 620. The van der Waals surface area contributed by atoms with Gasteiger partial charge in [0.2, 0.25) is 11.7 Å². The lowest BCUT2D eigenvalue weighted by atomic mass is 10.2. The molecule has 2 rings (SSSR count). The molecule has 1 aromatic heterocycles. The van der Waals surface area contributed by atoms with Crippen molar-refractivity contribution in [2.75, 3.05) is 5.32 Å². The zero-order valence-electron chi connectivity index (χ0n) is 10.5. The number of aromatic nitrogens is 1. The molecule has 1 heterocycles. The summed E-state index contributed by atoms with van der Waals surface area (Å²) in [5.74, 6) is -9.50. The summed E-state index contributed by atoms with van der Waals surface area (Å²) in [7, 11) is 0. The highest BCUT2D eigenvalue weighted by molar-refractivity contribution is 5.47. The molecule has 3 nitrogen and oxygen atoms in total. The van der Waals surface area contributed by atoms with Crippen molar-refractivity contribution >= 4 is 5.69 Å². The van der Waals surface area contributed by atoms with Gasteiger partial charge in [-0.3, -0.25) is 0 Å². The van der Waals surface area contributed by atoms with Gasteiger partial charge in [0.05, 0.1) is 12.2 Å². The molecular formula is C12H9F5N2O. The van der Waals surface area contributed by atoms with Gasteiger partial charge in [0.1, 0.15) is 11.4 Å². The Morgan fingerprint density at radius 1 is 0.900 bits per heavy atom. The molecule has 108 valence electrons. The summed E-state index contributed by atoms with van der Waals surface area (Å²) in [6, 6.07) is 0. The number of hydrogen-bond acceptors (Lipinski definition) is 3. The van der Waals surface area contributed by atoms with Gasteiger partial charge in [-0.05, 0) is 13.8 Å². The van der Waals surface area contributed by atoms with Gasteiger partial charge in [-0.1, -0.05) is 0 Å². The Balaban J connectivity index is 2.30. The third kappa shape index (κ3) is 2.33. The van der Waals surface area contributed by atoms with Crippen LogP contribution in [0.25, 0.3) is 0 Å². The number of halogens is 5. The second-order valence-corrected chi connectivity index (χ2v) is 4.05. The van der Waals surface area contributed by atoms with E-state index in [0.717, 1.165) is 0 Å². The van der Waals surface area contributed by atoms with E-state index in [2.05, 4.69) is 10.3 Å². The van der Waals surface area contributed by atoms with Crippen LogP contribution in [0.5, 0.6) is 0 Å². The van der Waals surface area contributed by atoms with E-state index in [4.69, 9.17) is 4.42 Å². The minimum absolute atomic E-state index is 0.0731. The summed E-state index contributed by atoms with van der Waals surface area (Å²) >= 11 is 0. The summed E-state index contributed by atoms with van der Waals surface area (Å²) in [6.45, 7) is 2.97. The smallest absolute Gasteiger partial charge is 0.213 e. The van der Waals surface area contributed by atoms with Gasteiger partial charge in [-0.25, -0.2) is 26.9 Å². The number of rotatable bonds is 3. The molecule has 0 spiro atoms. The van der Waals surface area contributed by atoms with Crippen molar-refractivity contribution in [2.45, 2.75) is 20.4 Å². The van der Waals surface area contributed by atoms with E-state index in [1.165, 1.54) is 0 Å². The van der Waals surface area contributed by atoms with Crippen LogP contribution in [0, 0.1) is 42.9 Å². The van der Waals surface area contributed by atoms with Crippen LogP contribution >= 0.6 is 0 Å². The molecule has 1 aromatic carbocycles. The van der Waals surface area contributed by atoms with Crippen molar-refractivity contribution in [1.29, 1.82) is 0 Å². The molecule has 0 saturated heterocycles. The lowest BCUT2D eigenvalue weighted by Gasteiger charge is -2.09. The zero-order valence-corrected chi connectivity index (χ0v) is 10.5. The fourth-order valence-corrected chi connectivity index (χ4v) is 1.54. The summed E-state index contributed by atoms with van der Waals surface area (Å²) in [4.78, 5) is 3.91. The van der Waals surface area contributed by atoms with E-state index in [-0.39, 0.29) is 12.4 Å². The molecule has 20 heavy (non-hydrogen) atoms. The maximum atomic E-state index is 13.4. The summed E-state index contributed by atoms with van der Waals surface area (Å²) < 4.78 is 70.6. The molecule has 2 aromatic rings. The Hall–Kier alpha value is -2.12. The number of nitrogens with one attached hydrogen (secondary N) is 1. The average Bonchev–Trinajstić information content (AvgIpc) is 2.73. The molecule has 0 radical (unpaired) electrons. The maximum absolute atomic E-state index is 13.4.